The lowest BCUT2D eigenvalue weighted by molar-refractivity contribution is 0.610. The third-order valence-corrected chi connectivity index (χ3v) is 3.06. The van der Waals surface area contributed by atoms with Crippen LogP contribution in [0.3, 0.4) is 0 Å². The lowest BCUT2D eigenvalue weighted by atomic mass is 9.95. The van der Waals surface area contributed by atoms with Crippen LogP contribution >= 0.6 is 0 Å². The van der Waals surface area contributed by atoms with Crippen LogP contribution in [-0.2, 0) is 9.84 Å². The Morgan fingerprint density at radius 3 is 2.06 bits per heavy atom. The Hall–Kier alpha value is -1.60. The summed E-state index contributed by atoms with van der Waals surface area (Å²) in [6.45, 7) is 5.72. The average molecular weight is 249 g/mol. The fraction of sp³-hybridized carbons (Fsp3) is 0.308. The van der Waals surface area contributed by atoms with Crippen LogP contribution in [0.15, 0.2) is 17.5 Å². The zero-order chi connectivity index (χ0) is 13.2. The van der Waals surface area contributed by atoms with Crippen molar-refractivity contribution < 1.29 is 8.42 Å². The molecule has 0 aliphatic heterocycles. The van der Waals surface area contributed by atoms with Crippen LogP contribution in [0.5, 0.6) is 0 Å². The van der Waals surface area contributed by atoms with E-state index in [-0.39, 0.29) is 5.57 Å². The highest BCUT2D eigenvalue weighted by Gasteiger charge is 2.11. The van der Waals surface area contributed by atoms with Gasteiger partial charge >= 0.3 is 0 Å². The highest BCUT2D eigenvalue weighted by atomic mass is 32.2. The maximum Gasteiger partial charge on any atom is 0.170 e. The van der Waals surface area contributed by atoms with E-state index in [4.69, 9.17) is 5.26 Å². The number of hydrogen-bond acceptors (Lipinski definition) is 3. The molecule has 0 aromatic heterocycles. The number of benzene rings is 1. The van der Waals surface area contributed by atoms with Crippen molar-refractivity contribution in [2.45, 2.75) is 20.8 Å². The quantitative estimate of drug-likeness (QED) is 0.757. The fourth-order valence-corrected chi connectivity index (χ4v) is 2.56. The van der Waals surface area contributed by atoms with Gasteiger partial charge in [-0.2, -0.15) is 5.26 Å². The highest BCUT2D eigenvalue weighted by molar-refractivity contribution is 7.93. The summed E-state index contributed by atoms with van der Waals surface area (Å²) >= 11 is 0. The van der Waals surface area contributed by atoms with Crippen LogP contribution in [0.25, 0.3) is 5.57 Å². The van der Waals surface area contributed by atoms with Gasteiger partial charge in [-0.1, -0.05) is 17.7 Å². The highest BCUT2D eigenvalue weighted by Crippen LogP contribution is 2.24. The maximum absolute atomic E-state index is 11.2. The molecule has 1 aromatic rings. The Morgan fingerprint density at radius 1 is 1.24 bits per heavy atom. The van der Waals surface area contributed by atoms with Gasteiger partial charge in [-0.3, -0.25) is 0 Å². The topological polar surface area (TPSA) is 57.9 Å². The normalized spacial score (nSPS) is 12.3. The Morgan fingerprint density at radius 2 is 1.71 bits per heavy atom. The van der Waals surface area contributed by atoms with Crippen molar-refractivity contribution in [2.75, 3.05) is 6.26 Å². The molecule has 0 fully saturated rings. The van der Waals surface area contributed by atoms with Crippen LogP contribution in [-0.4, -0.2) is 14.7 Å². The van der Waals surface area contributed by atoms with Crippen molar-refractivity contribution in [1.29, 1.82) is 5.26 Å². The molecule has 0 bridgehead atoms. The minimum absolute atomic E-state index is 0.197. The molecule has 0 aliphatic carbocycles. The number of nitriles is 1. The largest absolute Gasteiger partial charge is 0.225 e. The second-order valence-electron chi connectivity index (χ2n) is 4.25. The molecule has 17 heavy (non-hydrogen) atoms. The summed E-state index contributed by atoms with van der Waals surface area (Å²) in [6, 6.07) is 5.84. The first-order chi connectivity index (χ1) is 7.74. The van der Waals surface area contributed by atoms with Crippen LogP contribution in [0.4, 0.5) is 0 Å². The predicted octanol–water partition coefficient (Wildman–Crippen LogP) is 2.52. The lowest BCUT2D eigenvalue weighted by Crippen LogP contribution is -1.97. The maximum atomic E-state index is 11.2. The van der Waals surface area contributed by atoms with Gasteiger partial charge in [0.25, 0.3) is 0 Å². The summed E-state index contributed by atoms with van der Waals surface area (Å²) < 4.78 is 22.5. The monoisotopic (exact) mass is 249 g/mol. The van der Waals surface area contributed by atoms with Crippen LogP contribution in [0.2, 0.25) is 0 Å². The summed E-state index contributed by atoms with van der Waals surface area (Å²) in [6.07, 6.45) is 1.09. The number of rotatable bonds is 2. The Kier molecular flexibility index (Phi) is 3.74. The third kappa shape index (κ3) is 3.43. The van der Waals surface area contributed by atoms with E-state index in [0.29, 0.717) is 5.56 Å². The lowest BCUT2D eigenvalue weighted by Gasteiger charge is -2.09. The van der Waals surface area contributed by atoms with Crippen molar-refractivity contribution >= 4 is 15.4 Å². The first-order valence-electron chi connectivity index (χ1n) is 5.14. The van der Waals surface area contributed by atoms with E-state index in [2.05, 4.69) is 0 Å². The van der Waals surface area contributed by atoms with Gasteiger partial charge in [0, 0.05) is 11.7 Å². The van der Waals surface area contributed by atoms with E-state index in [1.807, 2.05) is 39.0 Å². The van der Waals surface area contributed by atoms with E-state index < -0.39 is 9.84 Å². The summed E-state index contributed by atoms with van der Waals surface area (Å²) in [5, 5.41) is 10.1. The zero-order valence-electron chi connectivity index (χ0n) is 10.4. The number of sulfone groups is 1. The minimum Gasteiger partial charge on any atom is -0.225 e. The van der Waals surface area contributed by atoms with Gasteiger partial charge in [0.1, 0.15) is 6.07 Å². The summed E-state index contributed by atoms with van der Waals surface area (Å²) in [5.41, 5.74) is 3.84. The fourth-order valence-electron chi connectivity index (χ4n) is 1.96. The molecule has 90 valence electrons. The molecule has 3 nitrogen and oxygen atoms in total. The van der Waals surface area contributed by atoms with Gasteiger partial charge in [0.05, 0.1) is 5.57 Å². The summed E-state index contributed by atoms with van der Waals surface area (Å²) in [7, 11) is -3.31. The minimum atomic E-state index is -3.31. The van der Waals surface area contributed by atoms with Crippen molar-refractivity contribution in [3.05, 3.63) is 39.8 Å². The molecule has 1 rings (SSSR count). The molecule has 0 aliphatic rings. The van der Waals surface area contributed by atoms with E-state index in [1.54, 1.807) is 0 Å². The van der Waals surface area contributed by atoms with Crippen molar-refractivity contribution in [3.8, 4) is 6.07 Å². The Bertz CT molecular complexity index is 596. The van der Waals surface area contributed by atoms with Crippen LogP contribution in [0, 0.1) is 32.1 Å². The molecule has 4 heteroatoms. The van der Waals surface area contributed by atoms with Crippen LogP contribution in [0.1, 0.15) is 22.3 Å². The molecular formula is C13H15NO2S. The Labute approximate surface area is 102 Å². The molecule has 1 aromatic carbocycles. The molecule has 0 unspecified atom stereocenters. The van der Waals surface area contributed by atoms with Gasteiger partial charge in [0.2, 0.25) is 0 Å². The number of hydrogen-bond donors (Lipinski definition) is 0. The van der Waals surface area contributed by atoms with Crippen LogP contribution < -0.4 is 0 Å². The number of nitrogens with zero attached hydrogens (tertiary/aromatic N) is 1. The number of allylic oxidation sites excluding steroid dienone is 1. The van der Waals surface area contributed by atoms with E-state index in [1.165, 1.54) is 0 Å². The zero-order valence-corrected chi connectivity index (χ0v) is 11.2. The smallest absolute Gasteiger partial charge is 0.170 e. The second-order valence-corrected chi connectivity index (χ2v) is 6.14. The van der Waals surface area contributed by atoms with Crippen molar-refractivity contribution in [3.63, 3.8) is 0 Å². The van der Waals surface area contributed by atoms with E-state index >= 15 is 0 Å². The SMILES string of the molecule is Cc1cc(C)c(/C(C#N)=C\S(C)(=O)=O)c(C)c1. The van der Waals surface area contributed by atoms with Gasteiger partial charge in [-0.25, -0.2) is 8.42 Å². The molecule has 0 heterocycles. The molecule has 0 amide bonds. The van der Waals surface area contributed by atoms with Gasteiger partial charge in [-0.15, -0.1) is 0 Å². The summed E-state index contributed by atoms with van der Waals surface area (Å²) in [4.78, 5) is 0. The molecule has 0 spiro atoms. The van der Waals surface area contributed by atoms with Gasteiger partial charge in [0.15, 0.2) is 9.84 Å². The van der Waals surface area contributed by atoms with Gasteiger partial charge < -0.3 is 0 Å². The molecule has 0 N–H and O–H groups in total. The first-order valence-corrected chi connectivity index (χ1v) is 7.10. The Balaban J connectivity index is 3.54. The molecule has 0 saturated heterocycles. The van der Waals surface area contributed by atoms with Gasteiger partial charge in [-0.05, 0) is 37.5 Å². The average Bonchev–Trinajstić information content (AvgIpc) is 2.12. The third-order valence-electron chi connectivity index (χ3n) is 2.40. The van der Waals surface area contributed by atoms with E-state index in [0.717, 1.165) is 28.4 Å². The van der Waals surface area contributed by atoms with Crippen molar-refractivity contribution in [2.24, 2.45) is 0 Å². The second kappa shape index (κ2) is 4.72. The van der Waals surface area contributed by atoms with E-state index in [9.17, 15) is 8.42 Å². The molecule has 0 radical (unpaired) electrons. The predicted molar refractivity (Wildman–Crippen MR) is 69.1 cm³/mol. The first kappa shape index (κ1) is 13.5. The standard InChI is InChI=1S/C13H15NO2S/c1-9-5-10(2)13(11(3)6-9)12(7-14)8-17(4,15)16/h5-6,8H,1-4H3/b12-8-. The molecule has 0 saturated carbocycles. The molecule has 0 atom stereocenters. The van der Waals surface area contributed by atoms with Crippen molar-refractivity contribution in [1.82, 2.24) is 0 Å². The number of aryl methyl sites for hydroxylation is 3. The molecular weight excluding hydrogens is 234 g/mol. The summed E-state index contributed by atoms with van der Waals surface area (Å²) in [5.74, 6) is 0.